The third kappa shape index (κ3) is 2.66. The molecule has 0 radical (unpaired) electrons. The van der Waals surface area contributed by atoms with Crippen LogP contribution in [0.3, 0.4) is 0 Å². The van der Waals surface area contributed by atoms with Gasteiger partial charge in [0.05, 0.1) is 25.1 Å². The molecule has 0 aromatic heterocycles. The van der Waals surface area contributed by atoms with Gasteiger partial charge in [-0.15, -0.1) is 0 Å². The van der Waals surface area contributed by atoms with Crippen LogP contribution in [0, 0.1) is 0 Å². The molecule has 1 saturated heterocycles. The second-order valence-electron chi connectivity index (χ2n) is 3.60. The van der Waals surface area contributed by atoms with E-state index in [0.717, 1.165) is 0 Å². The Morgan fingerprint density at radius 1 is 1.50 bits per heavy atom. The Morgan fingerprint density at radius 2 is 2.14 bits per heavy atom. The van der Waals surface area contributed by atoms with Gasteiger partial charge in [0.2, 0.25) is 10.0 Å². The van der Waals surface area contributed by atoms with Crippen molar-refractivity contribution >= 4 is 10.0 Å². The lowest BCUT2D eigenvalue weighted by Gasteiger charge is -2.35. The van der Waals surface area contributed by atoms with Gasteiger partial charge < -0.3 is 9.84 Å². The molecule has 0 spiro atoms. The zero-order valence-electron chi connectivity index (χ0n) is 8.51. The van der Waals surface area contributed by atoms with Crippen molar-refractivity contribution in [2.45, 2.75) is 26.0 Å². The molecular formula is C8H17NO4S. The molecule has 1 fully saturated rings. The van der Waals surface area contributed by atoms with Gasteiger partial charge in [0.15, 0.2) is 0 Å². The van der Waals surface area contributed by atoms with Crippen LogP contribution in [0.25, 0.3) is 0 Å². The van der Waals surface area contributed by atoms with Crippen molar-refractivity contribution in [2.24, 2.45) is 0 Å². The third-order valence-corrected chi connectivity index (χ3v) is 4.18. The number of nitrogens with zero attached hydrogens (tertiary/aromatic N) is 1. The first-order chi connectivity index (χ1) is 6.47. The van der Waals surface area contributed by atoms with Gasteiger partial charge >= 0.3 is 0 Å². The number of hydrogen-bond donors (Lipinski definition) is 1. The molecule has 5 nitrogen and oxygen atoms in total. The fraction of sp³-hybridized carbons (Fsp3) is 1.00. The number of rotatable bonds is 3. The Bertz CT molecular complexity index is 277. The first-order valence-electron chi connectivity index (χ1n) is 4.69. The minimum Gasteiger partial charge on any atom is -0.395 e. The normalized spacial score (nSPS) is 30.5. The number of sulfonamides is 1. The smallest absolute Gasteiger partial charge is 0.216 e. The molecule has 1 aliphatic rings. The molecule has 0 aromatic carbocycles. The van der Waals surface area contributed by atoms with E-state index in [0.29, 0.717) is 13.2 Å². The summed E-state index contributed by atoms with van der Waals surface area (Å²) in [6.07, 6.45) is -0.0698. The highest BCUT2D eigenvalue weighted by molar-refractivity contribution is 7.89. The molecule has 0 amide bonds. The van der Waals surface area contributed by atoms with Crippen LogP contribution in [0.1, 0.15) is 13.8 Å². The minimum atomic E-state index is -3.31. The average Bonchev–Trinajstić information content (AvgIpc) is 2.09. The first-order valence-corrected chi connectivity index (χ1v) is 6.30. The predicted molar refractivity (Wildman–Crippen MR) is 52.5 cm³/mol. The summed E-state index contributed by atoms with van der Waals surface area (Å²) < 4.78 is 30.0. The van der Waals surface area contributed by atoms with Gasteiger partial charge in [-0.05, 0) is 13.8 Å². The lowest BCUT2D eigenvalue weighted by molar-refractivity contribution is -0.0171. The van der Waals surface area contributed by atoms with Gasteiger partial charge in [-0.25, -0.2) is 8.42 Å². The molecule has 1 N–H and O–H groups in total. The van der Waals surface area contributed by atoms with Crippen LogP contribution in [0.15, 0.2) is 0 Å². The monoisotopic (exact) mass is 223 g/mol. The van der Waals surface area contributed by atoms with E-state index in [1.165, 1.54) is 4.31 Å². The van der Waals surface area contributed by atoms with Crippen LogP contribution < -0.4 is 0 Å². The van der Waals surface area contributed by atoms with Crippen molar-refractivity contribution in [3.8, 4) is 0 Å². The van der Waals surface area contributed by atoms with E-state index in [-0.39, 0.29) is 24.5 Å². The summed E-state index contributed by atoms with van der Waals surface area (Å²) in [5.74, 6) is -0.204. The van der Waals surface area contributed by atoms with Crippen LogP contribution in [0.2, 0.25) is 0 Å². The van der Waals surface area contributed by atoms with E-state index >= 15 is 0 Å². The van der Waals surface area contributed by atoms with Gasteiger partial charge in [0.25, 0.3) is 0 Å². The van der Waals surface area contributed by atoms with E-state index in [2.05, 4.69) is 0 Å². The van der Waals surface area contributed by atoms with Gasteiger partial charge in [0, 0.05) is 12.6 Å². The molecule has 1 rings (SSSR count). The Morgan fingerprint density at radius 3 is 2.71 bits per heavy atom. The van der Waals surface area contributed by atoms with Crippen molar-refractivity contribution in [2.75, 3.05) is 25.5 Å². The number of morpholine rings is 1. The molecule has 0 bridgehead atoms. The molecular weight excluding hydrogens is 206 g/mol. The Balaban J connectivity index is 2.74. The molecule has 6 heteroatoms. The lowest BCUT2D eigenvalue weighted by atomic mass is 10.2. The first kappa shape index (κ1) is 11.9. The lowest BCUT2D eigenvalue weighted by Crippen LogP contribution is -2.51. The SMILES string of the molecule is CC1CN(S(=O)(=O)CCO)C(C)CO1. The van der Waals surface area contributed by atoms with Gasteiger partial charge in [-0.2, -0.15) is 4.31 Å². The highest BCUT2D eigenvalue weighted by Crippen LogP contribution is 2.15. The molecule has 2 unspecified atom stereocenters. The van der Waals surface area contributed by atoms with Gasteiger partial charge in [-0.3, -0.25) is 0 Å². The average molecular weight is 223 g/mol. The number of ether oxygens (including phenoxy) is 1. The van der Waals surface area contributed by atoms with Crippen LogP contribution in [-0.2, 0) is 14.8 Å². The van der Waals surface area contributed by atoms with Gasteiger partial charge in [-0.1, -0.05) is 0 Å². The molecule has 0 aromatic rings. The summed E-state index contributed by atoms with van der Waals surface area (Å²) in [5.41, 5.74) is 0. The van der Waals surface area contributed by atoms with Crippen LogP contribution in [0.4, 0.5) is 0 Å². The second-order valence-corrected chi connectivity index (χ2v) is 5.64. The zero-order valence-corrected chi connectivity index (χ0v) is 9.33. The summed E-state index contributed by atoms with van der Waals surface area (Å²) in [6.45, 7) is 4.12. The summed E-state index contributed by atoms with van der Waals surface area (Å²) in [6, 6.07) is -0.136. The van der Waals surface area contributed by atoms with Crippen LogP contribution in [-0.4, -0.2) is 55.5 Å². The maximum Gasteiger partial charge on any atom is 0.216 e. The molecule has 0 aliphatic carbocycles. The summed E-state index contributed by atoms with van der Waals surface area (Å²) in [5, 5.41) is 8.65. The maximum atomic E-state index is 11.7. The highest BCUT2D eigenvalue weighted by Gasteiger charge is 2.32. The molecule has 1 aliphatic heterocycles. The van der Waals surface area contributed by atoms with Crippen LogP contribution >= 0.6 is 0 Å². The molecule has 0 saturated carbocycles. The Kier molecular flexibility index (Phi) is 3.88. The number of aliphatic hydroxyl groups excluding tert-OH is 1. The fourth-order valence-electron chi connectivity index (χ4n) is 1.49. The van der Waals surface area contributed by atoms with Crippen molar-refractivity contribution in [3.05, 3.63) is 0 Å². The predicted octanol–water partition coefficient (Wildman–Crippen LogP) is -0.582. The second kappa shape index (κ2) is 4.57. The summed E-state index contributed by atoms with van der Waals surface area (Å²) >= 11 is 0. The van der Waals surface area contributed by atoms with Crippen molar-refractivity contribution in [3.63, 3.8) is 0 Å². The van der Waals surface area contributed by atoms with E-state index in [4.69, 9.17) is 9.84 Å². The highest BCUT2D eigenvalue weighted by atomic mass is 32.2. The topological polar surface area (TPSA) is 66.8 Å². The standard InChI is InChI=1S/C8H17NO4S/c1-7-6-13-8(2)5-9(7)14(11,12)4-3-10/h7-8,10H,3-6H2,1-2H3. The summed E-state index contributed by atoms with van der Waals surface area (Å²) in [7, 11) is -3.31. The fourth-order valence-corrected chi connectivity index (χ4v) is 3.00. The van der Waals surface area contributed by atoms with Crippen molar-refractivity contribution < 1.29 is 18.3 Å². The molecule has 2 atom stereocenters. The zero-order chi connectivity index (χ0) is 10.8. The molecule has 1 heterocycles. The van der Waals surface area contributed by atoms with E-state index in [1.807, 2.05) is 6.92 Å². The third-order valence-electron chi connectivity index (χ3n) is 2.26. The molecule has 84 valence electrons. The maximum absolute atomic E-state index is 11.7. The molecule has 14 heavy (non-hydrogen) atoms. The van der Waals surface area contributed by atoms with E-state index in [9.17, 15) is 8.42 Å². The summed E-state index contributed by atoms with van der Waals surface area (Å²) in [4.78, 5) is 0. The van der Waals surface area contributed by atoms with Crippen molar-refractivity contribution in [1.82, 2.24) is 4.31 Å². The minimum absolute atomic E-state index is 0.0698. The van der Waals surface area contributed by atoms with Crippen LogP contribution in [0.5, 0.6) is 0 Å². The quantitative estimate of drug-likeness (QED) is 0.695. The van der Waals surface area contributed by atoms with Gasteiger partial charge in [0.1, 0.15) is 0 Å². The van der Waals surface area contributed by atoms with E-state index < -0.39 is 10.0 Å². The number of hydrogen-bond acceptors (Lipinski definition) is 4. The van der Waals surface area contributed by atoms with Crippen molar-refractivity contribution in [1.29, 1.82) is 0 Å². The number of aliphatic hydroxyl groups is 1. The Hall–Kier alpha value is -0.170. The Labute approximate surface area is 84.7 Å². The van der Waals surface area contributed by atoms with E-state index in [1.54, 1.807) is 6.92 Å². The largest absolute Gasteiger partial charge is 0.395 e.